The Bertz CT molecular complexity index is 716. The minimum atomic E-state index is 0.0428. The van der Waals surface area contributed by atoms with Crippen LogP contribution < -0.4 is 4.74 Å². The zero-order chi connectivity index (χ0) is 15.4. The summed E-state index contributed by atoms with van der Waals surface area (Å²) in [6, 6.07) is 8.75. The van der Waals surface area contributed by atoms with Crippen LogP contribution in [0.3, 0.4) is 0 Å². The molecule has 1 amide bonds. The van der Waals surface area contributed by atoms with Crippen LogP contribution in [0.15, 0.2) is 36.7 Å². The fourth-order valence-electron chi connectivity index (χ4n) is 2.36. The van der Waals surface area contributed by atoms with Gasteiger partial charge in [0.2, 0.25) is 5.69 Å². The summed E-state index contributed by atoms with van der Waals surface area (Å²) >= 11 is 0. The smallest absolute Gasteiger partial charge is 0.256 e. The molecule has 2 heterocycles. The van der Waals surface area contributed by atoms with Crippen molar-refractivity contribution in [1.29, 1.82) is 5.26 Å². The second kappa shape index (κ2) is 6.22. The second-order valence-electron chi connectivity index (χ2n) is 4.95. The first kappa shape index (κ1) is 14.0. The predicted octanol–water partition coefficient (Wildman–Crippen LogP) is 2.38. The van der Waals surface area contributed by atoms with Crippen molar-refractivity contribution in [3.8, 4) is 17.7 Å². The molecule has 0 bridgehead atoms. The van der Waals surface area contributed by atoms with Gasteiger partial charge in [0.25, 0.3) is 11.8 Å². The standard InChI is InChI=1S/C16H14N4O2/c17-11-14-15(19-8-7-18-14)22-13-5-3-12(4-6-13)16(21)20-9-1-2-10-20/h3-8H,1-2,9-10H2. The van der Waals surface area contributed by atoms with Gasteiger partial charge in [-0.3, -0.25) is 4.79 Å². The Morgan fingerprint density at radius 1 is 1.14 bits per heavy atom. The van der Waals surface area contributed by atoms with Gasteiger partial charge in [-0.25, -0.2) is 9.97 Å². The highest BCUT2D eigenvalue weighted by Crippen LogP contribution is 2.22. The Morgan fingerprint density at radius 2 is 1.82 bits per heavy atom. The number of rotatable bonds is 3. The highest BCUT2D eigenvalue weighted by molar-refractivity contribution is 5.94. The van der Waals surface area contributed by atoms with Gasteiger partial charge in [-0.05, 0) is 37.1 Å². The molecular formula is C16H14N4O2. The zero-order valence-corrected chi connectivity index (χ0v) is 11.9. The molecule has 0 N–H and O–H groups in total. The number of carbonyl (C=O) groups excluding carboxylic acids is 1. The molecule has 22 heavy (non-hydrogen) atoms. The molecule has 0 radical (unpaired) electrons. The molecule has 6 heteroatoms. The number of amides is 1. The third-order valence-electron chi connectivity index (χ3n) is 3.48. The quantitative estimate of drug-likeness (QED) is 0.868. The zero-order valence-electron chi connectivity index (χ0n) is 11.9. The Morgan fingerprint density at radius 3 is 2.50 bits per heavy atom. The Balaban J connectivity index is 1.74. The van der Waals surface area contributed by atoms with E-state index in [1.807, 2.05) is 11.0 Å². The summed E-state index contributed by atoms with van der Waals surface area (Å²) < 4.78 is 5.54. The van der Waals surface area contributed by atoms with E-state index in [4.69, 9.17) is 10.00 Å². The van der Waals surface area contributed by atoms with E-state index in [9.17, 15) is 4.79 Å². The first-order valence-electron chi connectivity index (χ1n) is 7.06. The van der Waals surface area contributed by atoms with Gasteiger partial charge < -0.3 is 9.64 Å². The van der Waals surface area contributed by atoms with Crippen LogP contribution in [-0.4, -0.2) is 33.9 Å². The van der Waals surface area contributed by atoms with Crippen LogP contribution in [0, 0.1) is 11.3 Å². The average molecular weight is 294 g/mol. The monoisotopic (exact) mass is 294 g/mol. The van der Waals surface area contributed by atoms with E-state index in [1.165, 1.54) is 12.4 Å². The van der Waals surface area contributed by atoms with E-state index in [2.05, 4.69) is 9.97 Å². The number of hydrogen-bond donors (Lipinski definition) is 0. The lowest BCUT2D eigenvalue weighted by Gasteiger charge is -2.15. The molecule has 0 unspecified atom stereocenters. The van der Waals surface area contributed by atoms with Crippen molar-refractivity contribution in [2.24, 2.45) is 0 Å². The summed E-state index contributed by atoms with van der Waals surface area (Å²) in [7, 11) is 0. The molecule has 3 rings (SSSR count). The molecule has 110 valence electrons. The van der Waals surface area contributed by atoms with Gasteiger partial charge in [0.05, 0.1) is 0 Å². The molecule has 0 aliphatic carbocycles. The summed E-state index contributed by atoms with van der Waals surface area (Å²) in [5, 5.41) is 8.95. The van der Waals surface area contributed by atoms with Crippen molar-refractivity contribution in [2.75, 3.05) is 13.1 Å². The molecular weight excluding hydrogens is 280 g/mol. The van der Waals surface area contributed by atoms with E-state index in [0.717, 1.165) is 25.9 Å². The molecule has 6 nitrogen and oxygen atoms in total. The maximum absolute atomic E-state index is 12.2. The van der Waals surface area contributed by atoms with E-state index in [-0.39, 0.29) is 17.5 Å². The van der Waals surface area contributed by atoms with Gasteiger partial charge in [0.1, 0.15) is 11.8 Å². The van der Waals surface area contributed by atoms with Gasteiger partial charge in [-0.2, -0.15) is 5.26 Å². The Hall–Kier alpha value is -2.94. The first-order chi connectivity index (χ1) is 10.8. The number of hydrogen-bond acceptors (Lipinski definition) is 5. The third kappa shape index (κ3) is 2.88. The second-order valence-corrected chi connectivity index (χ2v) is 4.95. The molecule has 2 aromatic rings. The van der Waals surface area contributed by atoms with Crippen LogP contribution in [0.4, 0.5) is 0 Å². The minimum Gasteiger partial charge on any atom is -0.437 e. The van der Waals surface area contributed by atoms with E-state index in [1.54, 1.807) is 24.3 Å². The van der Waals surface area contributed by atoms with Crippen molar-refractivity contribution >= 4 is 5.91 Å². The maximum atomic E-state index is 12.2. The summed E-state index contributed by atoms with van der Waals surface area (Å²) in [5.41, 5.74) is 0.758. The minimum absolute atomic E-state index is 0.0428. The SMILES string of the molecule is N#Cc1nccnc1Oc1ccc(C(=O)N2CCCC2)cc1. The van der Waals surface area contributed by atoms with Crippen LogP contribution in [0.5, 0.6) is 11.6 Å². The summed E-state index contributed by atoms with van der Waals surface area (Å²) in [5.74, 6) is 0.708. The number of carbonyl (C=O) groups is 1. The lowest BCUT2D eigenvalue weighted by molar-refractivity contribution is 0.0793. The highest BCUT2D eigenvalue weighted by Gasteiger charge is 2.19. The molecule has 1 aromatic carbocycles. The van der Waals surface area contributed by atoms with Crippen molar-refractivity contribution in [1.82, 2.24) is 14.9 Å². The highest BCUT2D eigenvalue weighted by atomic mass is 16.5. The van der Waals surface area contributed by atoms with Crippen LogP contribution in [0.1, 0.15) is 28.9 Å². The molecule has 0 atom stereocenters. The first-order valence-corrected chi connectivity index (χ1v) is 7.06. The van der Waals surface area contributed by atoms with Gasteiger partial charge >= 0.3 is 0 Å². The summed E-state index contributed by atoms with van der Waals surface area (Å²) in [6.07, 6.45) is 5.03. The van der Waals surface area contributed by atoms with Gasteiger partial charge in [0, 0.05) is 31.0 Å². The number of aromatic nitrogens is 2. The van der Waals surface area contributed by atoms with Crippen LogP contribution >= 0.6 is 0 Å². The normalized spacial score (nSPS) is 13.7. The van der Waals surface area contributed by atoms with E-state index >= 15 is 0 Å². The number of ether oxygens (including phenoxy) is 1. The molecule has 1 saturated heterocycles. The van der Waals surface area contributed by atoms with Crippen molar-refractivity contribution in [3.05, 3.63) is 47.9 Å². The van der Waals surface area contributed by atoms with Crippen LogP contribution in [0.2, 0.25) is 0 Å². The topological polar surface area (TPSA) is 79.1 Å². The number of benzene rings is 1. The number of nitriles is 1. The van der Waals surface area contributed by atoms with Crippen LogP contribution in [-0.2, 0) is 0 Å². The fourth-order valence-corrected chi connectivity index (χ4v) is 2.36. The Labute approximate surface area is 128 Å². The van der Waals surface area contributed by atoms with Gasteiger partial charge in [0.15, 0.2) is 0 Å². The van der Waals surface area contributed by atoms with Crippen molar-refractivity contribution < 1.29 is 9.53 Å². The fraction of sp³-hybridized carbons (Fsp3) is 0.250. The molecule has 1 aliphatic heterocycles. The molecule has 0 spiro atoms. The van der Waals surface area contributed by atoms with E-state index in [0.29, 0.717) is 11.3 Å². The van der Waals surface area contributed by atoms with Crippen molar-refractivity contribution in [3.63, 3.8) is 0 Å². The van der Waals surface area contributed by atoms with Crippen molar-refractivity contribution in [2.45, 2.75) is 12.8 Å². The van der Waals surface area contributed by atoms with E-state index < -0.39 is 0 Å². The Kier molecular flexibility index (Phi) is 3.97. The lowest BCUT2D eigenvalue weighted by atomic mass is 10.2. The number of nitrogens with zero attached hydrogens (tertiary/aromatic N) is 4. The summed E-state index contributed by atoms with van der Waals surface area (Å²) in [4.78, 5) is 22.0. The van der Waals surface area contributed by atoms with Crippen LogP contribution in [0.25, 0.3) is 0 Å². The molecule has 1 aromatic heterocycles. The summed E-state index contributed by atoms with van der Waals surface area (Å²) in [6.45, 7) is 1.64. The number of likely N-dealkylation sites (tertiary alicyclic amines) is 1. The average Bonchev–Trinajstić information content (AvgIpc) is 3.10. The predicted molar refractivity (Wildman–Crippen MR) is 78.4 cm³/mol. The molecule has 1 fully saturated rings. The molecule has 0 saturated carbocycles. The third-order valence-corrected chi connectivity index (χ3v) is 3.48. The molecule has 1 aliphatic rings. The maximum Gasteiger partial charge on any atom is 0.256 e. The van der Waals surface area contributed by atoms with Gasteiger partial charge in [-0.15, -0.1) is 0 Å². The largest absolute Gasteiger partial charge is 0.437 e. The lowest BCUT2D eigenvalue weighted by Crippen LogP contribution is -2.27. The van der Waals surface area contributed by atoms with Gasteiger partial charge in [-0.1, -0.05) is 0 Å².